The van der Waals surface area contributed by atoms with Crippen LogP contribution in [-0.2, 0) is 14.3 Å². The van der Waals surface area contributed by atoms with Crippen molar-refractivity contribution in [1.82, 2.24) is 9.80 Å². The van der Waals surface area contributed by atoms with Gasteiger partial charge in [-0.15, -0.1) is 0 Å². The highest BCUT2D eigenvalue weighted by Gasteiger charge is 2.56. The predicted octanol–water partition coefficient (Wildman–Crippen LogP) is 2.68. The molecule has 1 aromatic carbocycles. The Morgan fingerprint density at radius 3 is 2.67 bits per heavy atom. The highest BCUT2D eigenvalue weighted by Crippen LogP contribution is 2.44. The van der Waals surface area contributed by atoms with Crippen LogP contribution in [0, 0.1) is 5.92 Å². The van der Waals surface area contributed by atoms with Gasteiger partial charge >= 0.3 is 5.97 Å². The number of ether oxygens (including phenoxy) is 2. The first-order valence-electron chi connectivity index (χ1n) is 10.6. The lowest BCUT2D eigenvalue weighted by Crippen LogP contribution is -2.57. The maximum atomic E-state index is 12.6. The van der Waals surface area contributed by atoms with Gasteiger partial charge in [0.1, 0.15) is 0 Å². The third-order valence-corrected chi connectivity index (χ3v) is 6.40. The van der Waals surface area contributed by atoms with Crippen molar-refractivity contribution in [3.05, 3.63) is 29.8 Å². The molecule has 0 saturated carbocycles. The Bertz CT molecular complexity index is 799. The summed E-state index contributed by atoms with van der Waals surface area (Å²) in [4.78, 5) is 29.3. The van der Waals surface area contributed by atoms with E-state index < -0.39 is 5.54 Å². The molecule has 30 heavy (non-hydrogen) atoms. The summed E-state index contributed by atoms with van der Waals surface area (Å²) in [5.41, 5.74) is 0.546. The van der Waals surface area contributed by atoms with E-state index in [2.05, 4.69) is 17.9 Å². The number of phenolic OH excluding ortho intramolecular Hbond substituents is 1. The first-order valence-corrected chi connectivity index (χ1v) is 10.6. The maximum Gasteiger partial charge on any atom is 0.311 e. The van der Waals surface area contributed by atoms with E-state index >= 15 is 0 Å². The van der Waals surface area contributed by atoms with Gasteiger partial charge in [0.2, 0.25) is 5.91 Å². The third-order valence-electron chi connectivity index (χ3n) is 6.40. The molecule has 2 fully saturated rings. The first kappa shape index (κ1) is 22.2. The summed E-state index contributed by atoms with van der Waals surface area (Å²) in [7, 11) is 2.94. The number of hydrogen-bond acceptors (Lipinski definition) is 6. The molecule has 2 heterocycles. The second-order valence-electron chi connectivity index (χ2n) is 8.06. The van der Waals surface area contributed by atoms with Gasteiger partial charge in [0, 0.05) is 32.6 Å². The minimum absolute atomic E-state index is 0.0712. The number of benzene rings is 1. The highest BCUT2D eigenvalue weighted by molar-refractivity contribution is 5.89. The Morgan fingerprint density at radius 2 is 2.03 bits per heavy atom. The predicted molar refractivity (Wildman–Crippen MR) is 114 cm³/mol. The largest absolute Gasteiger partial charge is 0.504 e. The molecule has 3 rings (SSSR count). The molecule has 2 aliphatic rings. The standard InChI is InChI=1S/C23H32N2O5/c1-4-11-25-21(27)16-18(22(28)30-3)23(25)9-13-24(14-10-23)12-5-6-17-7-8-19(26)20(15-17)29-2/h5-8,15,18,26H,4,9-14,16H2,1-3H3/b6-5+. The fourth-order valence-corrected chi connectivity index (χ4v) is 4.80. The fraction of sp³-hybridized carbons (Fsp3) is 0.565. The van der Waals surface area contributed by atoms with Crippen molar-refractivity contribution < 1.29 is 24.2 Å². The van der Waals surface area contributed by atoms with Crippen LogP contribution < -0.4 is 4.74 Å². The zero-order valence-electron chi connectivity index (χ0n) is 18.1. The number of esters is 1. The van der Waals surface area contributed by atoms with E-state index in [9.17, 15) is 14.7 Å². The zero-order chi connectivity index (χ0) is 21.7. The van der Waals surface area contributed by atoms with Crippen molar-refractivity contribution in [2.45, 2.75) is 38.1 Å². The van der Waals surface area contributed by atoms with Crippen molar-refractivity contribution >= 4 is 18.0 Å². The topological polar surface area (TPSA) is 79.3 Å². The molecule has 0 bridgehead atoms. The minimum Gasteiger partial charge on any atom is -0.504 e. The van der Waals surface area contributed by atoms with Crippen molar-refractivity contribution in [2.75, 3.05) is 40.4 Å². The van der Waals surface area contributed by atoms with Crippen molar-refractivity contribution in [3.63, 3.8) is 0 Å². The molecule has 0 aromatic heterocycles. The average molecular weight is 417 g/mol. The monoisotopic (exact) mass is 416 g/mol. The Morgan fingerprint density at radius 1 is 1.30 bits per heavy atom. The summed E-state index contributed by atoms with van der Waals surface area (Å²) in [6, 6.07) is 5.26. The van der Waals surface area contributed by atoms with Crippen LogP contribution in [0.25, 0.3) is 6.08 Å². The van der Waals surface area contributed by atoms with Crippen LogP contribution in [-0.4, -0.2) is 72.7 Å². The smallest absolute Gasteiger partial charge is 0.311 e. The molecule has 1 spiro atoms. The lowest BCUT2D eigenvalue weighted by molar-refractivity contribution is -0.150. The Kier molecular flexibility index (Phi) is 7.02. The van der Waals surface area contributed by atoms with Crippen molar-refractivity contribution in [1.29, 1.82) is 0 Å². The molecule has 2 aliphatic heterocycles. The molecular formula is C23H32N2O5. The van der Waals surface area contributed by atoms with Crippen LogP contribution in [0.3, 0.4) is 0 Å². The van der Waals surface area contributed by atoms with Crippen LogP contribution in [0.5, 0.6) is 11.5 Å². The molecule has 1 N–H and O–H groups in total. The first-order chi connectivity index (χ1) is 14.4. The molecule has 1 atom stereocenters. The number of methoxy groups -OCH3 is 2. The van der Waals surface area contributed by atoms with Crippen LogP contribution in [0.15, 0.2) is 24.3 Å². The van der Waals surface area contributed by atoms with Gasteiger partial charge < -0.3 is 19.5 Å². The second-order valence-corrected chi connectivity index (χ2v) is 8.06. The van der Waals surface area contributed by atoms with E-state index in [0.717, 1.165) is 44.5 Å². The molecule has 0 aliphatic carbocycles. The summed E-state index contributed by atoms with van der Waals surface area (Å²) in [6.45, 7) is 5.18. The highest BCUT2D eigenvalue weighted by atomic mass is 16.5. The van der Waals surface area contributed by atoms with Crippen LogP contribution in [0.2, 0.25) is 0 Å². The number of piperidine rings is 1. The summed E-state index contributed by atoms with van der Waals surface area (Å²) in [5.74, 6) is 0.00821. The summed E-state index contributed by atoms with van der Waals surface area (Å²) in [5, 5.41) is 9.70. The molecule has 1 unspecified atom stereocenters. The maximum absolute atomic E-state index is 12.6. The SMILES string of the molecule is CCCN1C(=O)CC(C(=O)OC)C12CCN(C/C=C/c1ccc(O)c(OC)c1)CC2. The van der Waals surface area contributed by atoms with E-state index in [1.807, 2.05) is 17.0 Å². The van der Waals surface area contributed by atoms with Gasteiger partial charge in [-0.05, 0) is 37.0 Å². The molecule has 1 amide bonds. The Hall–Kier alpha value is -2.54. The van der Waals surface area contributed by atoms with Gasteiger partial charge in [0.15, 0.2) is 11.5 Å². The quantitative estimate of drug-likeness (QED) is 0.689. The van der Waals surface area contributed by atoms with Crippen molar-refractivity contribution in [3.8, 4) is 11.5 Å². The molecule has 7 nitrogen and oxygen atoms in total. The van der Waals surface area contributed by atoms with Gasteiger partial charge in [0.05, 0.1) is 25.7 Å². The summed E-state index contributed by atoms with van der Waals surface area (Å²) >= 11 is 0. The minimum atomic E-state index is -0.412. The normalized spacial score (nSPS) is 21.5. The number of phenols is 1. The number of carbonyl (C=O) groups is 2. The fourth-order valence-electron chi connectivity index (χ4n) is 4.80. The molecule has 1 aromatic rings. The number of aromatic hydroxyl groups is 1. The van der Waals surface area contributed by atoms with Gasteiger partial charge in [-0.3, -0.25) is 14.5 Å². The van der Waals surface area contributed by atoms with E-state index in [1.54, 1.807) is 12.1 Å². The molecule has 0 radical (unpaired) electrons. The van der Waals surface area contributed by atoms with Crippen LogP contribution in [0.1, 0.15) is 38.2 Å². The van der Waals surface area contributed by atoms with Gasteiger partial charge in [-0.25, -0.2) is 0 Å². The molecule has 164 valence electrons. The van der Waals surface area contributed by atoms with Gasteiger partial charge in [-0.1, -0.05) is 25.1 Å². The summed E-state index contributed by atoms with van der Waals surface area (Å²) < 4.78 is 10.2. The zero-order valence-corrected chi connectivity index (χ0v) is 18.1. The van der Waals surface area contributed by atoms with Crippen LogP contribution >= 0.6 is 0 Å². The number of hydrogen-bond donors (Lipinski definition) is 1. The third kappa shape index (κ3) is 4.31. The lowest BCUT2D eigenvalue weighted by atomic mass is 9.76. The van der Waals surface area contributed by atoms with E-state index in [1.165, 1.54) is 14.2 Å². The summed E-state index contributed by atoms with van der Waals surface area (Å²) in [6.07, 6.45) is 6.79. The van der Waals surface area contributed by atoms with Crippen molar-refractivity contribution in [2.24, 2.45) is 5.92 Å². The van der Waals surface area contributed by atoms with E-state index in [0.29, 0.717) is 12.3 Å². The lowest BCUT2D eigenvalue weighted by Gasteiger charge is -2.47. The number of nitrogens with zero attached hydrogens (tertiary/aromatic N) is 2. The number of carbonyl (C=O) groups excluding carboxylic acids is 2. The Labute approximate surface area is 178 Å². The number of rotatable bonds is 7. The second kappa shape index (κ2) is 9.51. The van der Waals surface area contributed by atoms with Gasteiger partial charge in [-0.2, -0.15) is 0 Å². The molecule has 7 heteroatoms. The molecular weight excluding hydrogens is 384 g/mol. The van der Waals surface area contributed by atoms with E-state index in [4.69, 9.17) is 9.47 Å². The Balaban J connectivity index is 1.64. The van der Waals surface area contributed by atoms with E-state index in [-0.39, 0.29) is 30.0 Å². The average Bonchev–Trinajstić information content (AvgIpc) is 3.02. The van der Waals surface area contributed by atoms with Crippen LogP contribution in [0.4, 0.5) is 0 Å². The molecule has 2 saturated heterocycles. The van der Waals surface area contributed by atoms with Gasteiger partial charge in [0.25, 0.3) is 0 Å². The number of amides is 1. The number of likely N-dealkylation sites (tertiary alicyclic amines) is 2.